The number of rotatable bonds is 4. The van der Waals surface area contributed by atoms with Crippen molar-refractivity contribution < 1.29 is 9.53 Å². The van der Waals surface area contributed by atoms with Crippen molar-refractivity contribution in [3.05, 3.63) is 28.2 Å². The lowest BCUT2D eigenvalue weighted by Gasteiger charge is -2.37. The van der Waals surface area contributed by atoms with Crippen LogP contribution in [0, 0.1) is 0 Å². The number of nitrogens with two attached hydrogens (primary N) is 1. The Morgan fingerprint density at radius 2 is 2.05 bits per heavy atom. The van der Waals surface area contributed by atoms with Crippen molar-refractivity contribution in [2.45, 2.75) is 37.6 Å². The summed E-state index contributed by atoms with van der Waals surface area (Å²) in [4.78, 5) is 13.0. The van der Waals surface area contributed by atoms with Crippen molar-refractivity contribution in [2.75, 3.05) is 7.11 Å². The number of hydrogen-bond donors (Lipinski definition) is 2. The largest absolute Gasteiger partial charge is 0.497 e. The maximum Gasteiger partial charge on any atom is 0.253 e. The van der Waals surface area contributed by atoms with E-state index in [9.17, 15) is 4.79 Å². The predicted molar refractivity (Wildman–Crippen MR) is 90.8 cm³/mol. The molecule has 1 aromatic rings. The molecule has 114 valence electrons. The second-order valence-corrected chi connectivity index (χ2v) is 6.60. The molecule has 1 saturated carbocycles. The molecular formula is C15H19BrN2O2S. The van der Waals surface area contributed by atoms with Crippen LogP contribution in [0.25, 0.3) is 0 Å². The minimum atomic E-state index is -0.562. The standard InChI is InChI=1S/C15H19BrN2O2S/c1-20-10-5-6-12(16)11(9-10)13(19)18-15(14(17)21)7-3-2-4-8-15/h5-6,9H,2-4,7-8H2,1H3,(H2,17,21)(H,18,19). The fraction of sp³-hybridized carbons (Fsp3) is 0.467. The zero-order chi connectivity index (χ0) is 15.5. The quantitative estimate of drug-likeness (QED) is 0.798. The summed E-state index contributed by atoms with van der Waals surface area (Å²) < 4.78 is 5.89. The van der Waals surface area contributed by atoms with Gasteiger partial charge in [0.05, 0.1) is 23.2 Å². The van der Waals surface area contributed by atoms with Gasteiger partial charge in [-0.25, -0.2) is 0 Å². The van der Waals surface area contributed by atoms with Crippen LogP contribution >= 0.6 is 28.1 Å². The smallest absolute Gasteiger partial charge is 0.253 e. The van der Waals surface area contributed by atoms with E-state index in [4.69, 9.17) is 22.7 Å². The molecule has 1 fully saturated rings. The third-order valence-electron chi connectivity index (χ3n) is 3.95. The molecule has 0 aromatic heterocycles. The number of benzene rings is 1. The van der Waals surface area contributed by atoms with Crippen LogP contribution in [0.3, 0.4) is 0 Å². The van der Waals surface area contributed by atoms with Gasteiger partial charge in [-0.1, -0.05) is 31.5 Å². The molecule has 0 radical (unpaired) electrons. The third kappa shape index (κ3) is 3.55. The second-order valence-electron chi connectivity index (χ2n) is 5.31. The first-order valence-electron chi connectivity index (χ1n) is 6.94. The maximum absolute atomic E-state index is 12.6. The zero-order valence-electron chi connectivity index (χ0n) is 11.9. The number of carbonyl (C=O) groups excluding carboxylic acids is 1. The van der Waals surface area contributed by atoms with E-state index in [1.54, 1.807) is 25.3 Å². The highest BCUT2D eigenvalue weighted by Crippen LogP contribution is 2.30. The minimum Gasteiger partial charge on any atom is -0.497 e. The van der Waals surface area contributed by atoms with Crippen molar-refractivity contribution >= 4 is 39.0 Å². The fourth-order valence-electron chi connectivity index (χ4n) is 2.68. The summed E-state index contributed by atoms with van der Waals surface area (Å²) in [5.41, 5.74) is 5.86. The van der Waals surface area contributed by atoms with Crippen LogP contribution < -0.4 is 15.8 Å². The van der Waals surface area contributed by atoms with Gasteiger partial charge < -0.3 is 15.8 Å². The molecular weight excluding hydrogens is 352 g/mol. The van der Waals surface area contributed by atoms with E-state index >= 15 is 0 Å². The van der Waals surface area contributed by atoms with Gasteiger partial charge in [-0.05, 0) is 47.0 Å². The summed E-state index contributed by atoms with van der Waals surface area (Å²) in [5, 5.41) is 3.05. The van der Waals surface area contributed by atoms with Crippen LogP contribution in [0.1, 0.15) is 42.5 Å². The van der Waals surface area contributed by atoms with Crippen LogP contribution in [0.15, 0.2) is 22.7 Å². The van der Waals surface area contributed by atoms with Crippen molar-refractivity contribution in [1.29, 1.82) is 0 Å². The summed E-state index contributed by atoms with van der Waals surface area (Å²) in [7, 11) is 1.57. The van der Waals surface area contributed by atoms with Crippen LogP contribution in [-0.2, 0) is 0 Å². The van der Waals surface area contributed by atoms with Gasteiger partial charge >= 0.3 is 0 Å². The lowest BCUT2D eigenvalue weighted by Crippen LogP contribution is -2.57. The molecule has 4 nitrogen and oxygen atoms in total. The minimum absolute atomic E-state index is 0.185. The number of carbonyl (C=O) groups is 1. The van der Waals surface area contributed by atoms with E-state index in [0.717, 1.165) is 36.6 Å². The molecule has 1 aliphatic carbocycles. The van der Waals surface area contributed by atoms with Crippen LogP contribution in [0.4, 0.5) is 0 Å². The summed E-state index contributed by atoms with van der Waals surface area (Å²) in [5.74, 6) is 0.451. The van der Waals surface area contributed by atoms with E-state index in [-0.39, 0.29) is 5.91 Å². The molecule has 1 aromatic carbocycles. The van der Waals surface area contributed by atoms with Gasteiger partial charge in [0, 0.05) is 4.47 Å². The molecule has 0 aliphatic heterocycles. The van der Waals surface area contributed by atoms with Gasteiger partial charge in [0.25, 0.3) is 5.91 Å². The summed E-state index contributed by atoms with van der Waals surface area (Å²) in [6.07, 6.45) is 4.81. The molecule has 0 heterocycles. The first kappa shape index (κ1) is 16.2. The summed E-state index contributed by atoms with van der Waals surface area (Å²) in [6.45, 7) is 0. The fourth-order valence-corrected chi connectivity index (χ4v) is 3.36. The molecule has 2 rings (SSSR count). The van der Waals surface area contributed by atoms with Crippen LogP contribution in [0.5, 0.6) is 5.75 Å². The number of nitrogens with one attached hydrogen (secondary N) is 1. The van der Waals surface area contributed by atoms with Crippen molar-refractivity contribution in [1.82, 2.24) is 5.32 Å². The lowest BCUT2D eigenvalue weighted by molar-refractivity contribution is 0.0907. The number of halogens is 1. The number of ether oxygens (including phenoxy) is 1. The molecule has 1 amide bonds. The third-order valence-corrected chi connectivity index (χ3v) is 5.03. The highest BCUT2D eigenvalue weighted by Gasteiger charge is 2.37. The van der Waals surface area contributed by atoms with Gasteiger partial charge in [-0.15, -0.1) is 0 Å². The normalized spacial score (nSPS) is 17.0. The van der Waals surface area contributed by atoms with Gasteiger partial charge in [0.1, 0.15) is 5.75 Å². The number of amides is 1. The Kier molecular flexibility index (Phi) is 5.22. The molecule has 6 heteroatoms. The Bertz CT molecular complexity index is 557. The van der Waals surface area contributed by atoms with E-state index < -0.39 is 5.54 Å². The Labute approximate surface area is 138 Å². The lowest BCUT2D eigenvalue weighted by atomic mass is 9.81. The van der Waals surface area contributed by atoms with Crippen molar-refractivity contribution in [3.63, 3.8) is 0 Å². The topological polar surface area (TPSA) is 64.3 Å². The number of methoxy groups -OCH3 is 1. The Morgan fingerprint density at radius 1 is 1.38 bits per heavy atom. The molecule has 0 bridgehead atoms. The van der Waals surface area contributed by atoms with Crippen LogP contribution in [-0.4, -0.2) is 23.5 Å². The summed E-state index contributed by atoms with van der Waals surface area (Å²) in [6, 6.07) is 5.29. The van der Waals surface area contributed by atoms with Crippen LogP contribution in [0.2, 0.25) is 0 Å². The van der Waals surface area contributed by atoms with Crippen molar-refractivity contribution in [2.24, 2.45) is 5.73 Å². The highest BCUT2D eigenvalue weighted by atomic mass is 79.9. The Morgan fingerprint density at radius 3 is 2.62 bits per heavy atom. The van der Waals surface area contributed by atoms with E-state index in [0.29, 0.717) is 16.3 Å². The van der Waals surface area contributed by atoms with Crippen molar-refractivity contribution in [3.8, 4) is 5.75 Å². The molecule has 0 unspecified atom stereocenters. The highest BCUT2D eigenvalue weighted by molar-refractivity contribution is 9.10. The van der Waals surface area contributed by atoms with E-state index in [1.165, 1.54) is 0 Å². The monoisotopic (exact) mass is 370 g/mol. The first-order chi connectivity index (χ1) is 9.98. The SMILES string of the molecule is COc1ccc(Br)c(C(=O)NC2(C(N)=S)CCCCC2)c1. The van der Waals surface area contributed by atoms with E-state index in [2.05, 4.69) is 21.2 Å². The number of thiocarbonyl (C=S) groups is 1. The average molecular weight is 371 g/mol. The molecule has 0 saturated heterocycles. The zero-order valence-corrected chi connectivity index (χ0v) is 14.4. The Balaban J connectivity index is 2.25. The van der Waals surface area contributed by atoms with Gasteiger partial charge in [0.2, 0.25) is 0 Å². The maximum atomic E-state index is 12.6. The predicted octanol–water partition coefficient (Wildman–Crippen LogP) is 3.18. The molecule has 0 atom stereocenters. The molecule has 3 N–H and O–H groups in total. The number of hydrogen-bond acceptors (Lipinski definition) is 3. The van der Waals surface area contributed by atoms with Gasteiger partial charge in [-0.2, -0.15) is 0 Å². The summed E-state index contributed by atoms with van der Waals surface area (Å²) >= 11 is 8.60. The Hall–Kier alpha value is -1.14. The molecule has 1 aliphatic rings. The van der Waals surface area contributed by atoms with E-state index in [1.807, 2.05) is 0 Å². The molecule has 0 spiro atoms. The second kappa shape index (κ2) is 6.75. The average Bonchev–Trinajstić information content (AvgIpc) is 2.48. The molecule has 21 heavy (non-hydrogen) atoms. The van der Waals surface area contributed by atoms with Gasteiger partial charge in [-0.3, -0.25) is 4.79 Å². The first-order valence-corrected chi connectivity index (χ1v) is 8.14. The van der Waals surface area contributed by atoms with Gasteiger partial charge in [0.15, 0.2) is 0 Å².